The normalized spacial score (nSPS) is 20.2. The lowest BCUT2D eigenvalue weighted by molar-refractivity contribution is -0.139. The van der Waals surface area contributed by atoms with Crippen molar-refractivity contribution >= 4 is 17.9 Å². The summed E-state index contributed by atoms with van der Waals surface area (Å²) in [4.78, 5) is 35.2. The number of hydrogen-bond acceptors (Lipinski definition) is 3. The van der Waals surface area contributed by atoms with Gasteiger partial charge >= 0.3 is 12.0 Å². The summed E-state index contributed by atoms with van der Waals surface area (Å²) in [5.74, 6) is -1.71. The smallest absolute Gasteiger partial charge is 0.326 e. The maximum absolute atomic E-state index is 11.9. The van der Waals surface area contributed by atoms with Crippen LogP contribution in [0.1, 0.15) is 19.3 Å². The zero-order valence-electron chi connectivity index (χ0n) is 9.96. The van der Waals surface area contributed by atoms with Gasteiger partial charge in [-0.25, -0.2) is 9.59 Å². The van der Waals surface area contributed by atoms with Crippen LogP contribution in [0.15, 0.2) is 12.7 Å². The number of aliphatic carboxylic acids is 1. The highest BCUT2D eigenvalue weighted by molar-refractivity contribution is 5.88. The molecule has 0 aromatic carbocycles. The first-order valence-electron chi connectivity index (χ1n) is 5.67. The maximum atomic E-state index is 11.9. The van der Waals surface area contributed by atoms with Gasteiger partial charge in [-0.05, 0) is 19.3 Å². The van der Waals surface area contributed by atoms with Gasteiger partial charge in [0, 0.05) is 6.54 Å². The van der Waals surface area contributed by atoms with Gasteiger partial charge in [-0.2, -0.15) is 0 Å². The van der Waals surface area contributed by atoms with E-state index in [-0.39, 0.29) is 6.42 Å². The highest BCUT2D eigenvalue weighted by Crippen LogP contribution is 2.16. The van der Waals surface area contributed by atoms with Crippen molar-refractivity contribution in [2.45, 2.75) is 31.3 Å². The van der Waals surface area contributed by atoms with Gasteiger partial charge in [-0.3, -0.25) is 4.79 Å². The molecule has 1 aliphatic heterocycles. The summed E-state index contributed by atoms with van der Waals surface area (Å²) in [7, 11) is 0. The number of urea groups is 1. The van der Waals surface area contributed by atoms with Gasteiger partial charge in [-0.1, -0.05) is 6.08 Å². The predicted octanol–water partition coefficient (Wildman–Crippen LogP) is -0.325. The molecule has 1 fully saturated rings. The van der Waals surface area contributed by atoms with Crippen LogP contribution >= 0.6 is 0 Å². The third-order valence-corrected chi connectivity index (χ3v) is 2.84. The summed E-state index contributed by atoms with van der Waals surface area (Å²) < 4.78 is 0. The van der Waals surface area contributed by atoms with E-state index in [0.717, 1.165) is 0 Å². The number of amides is 3. The average Bonchev–Trinajstić information content (AvgIpc) is 2.77. The average molecular weight is 255 g/mol. The molecule has 2 atom stereocenters. The second-order valence-corrected chi connectivity index (χ2v) is 4.12. The van der Waals surface area contributed by atoms with Gasteiger partial charge < -0.3 is 21.1 Å². The molecule has 0 aromatic rings. The Kier molecular flexibility index (Phi) is 4.70. The van der Waals surface area contributed by atoms with E-state index in [9.17, 15) is 14.4 Å². The van der Waals surface area contributed by atoms with Crippen molar-refractivity contribution in [3.63, 3.8) is 0 Å². The molecule has 7 heteroatoms. The molecule has 100 valence electrons. The summed E-state index contributed by atoms with van der Waals surface area (Å²) in [5, 5.41) is 11.3. The first-order valence-corrected chi connectivity index (χ1v) is 5.67. The molecule has 2 unspecified atom stereocenters. The van der Waals surface area contributed by atoms with E-state index in [1.807, 2.05) is 0 Å². The second-order valence-electron chi connectivity index (χ2n) is 4.12. The van der Waals surface area contributed by atoms with Crippen LogP contribution in [0.3, 0.4) is 0 Å². The molecular formula is C11H17N3O4. The van der Waals surface area contributed by atoms with Crippen molar-refractivity contribution in [1.29, 1.82) is 0 Å². The number of likely N-dealkylation sites (tertiary alicyclic amines) is 1. The predicted molar refractivity (Wildman–Crippen MR) is 63.7 cm³/mol. The fourth-order valence-corrected chi connectivity index (χ4v) is 1.93. The Hall–Kier alpha value is -2.05. The van der Waals surface area contributed by atoms with Crippen LogP contribution in [0.5, 0.6) is 0 Å². The summed E-state index contributed by atoms with van der Waals surface area (Å²) >= 11 is 0. The largest absolute Gasteiger partial charge is 0.480 e. The molecule has 4 N–H and O–H groups in total. The number of nitrogens with two attached hydrogens (primary N) is 1. The summed E-state index contributed by atoms with van der Waals surface area (Å²) in [6.45, 7) is 3.83. The van der Waals surface area contributed by atoms with E-state index >= 15 is 0 Å². The summed E-state index contributed by atoms with van der Waals surface area (Å²) in [5.41, 5.74) is 5.18. The lowest BCUT2D eigenvalue weighted by Crippen LogP contribution is -2.52. The van der Waals surface area contributed by atoms with Gasteiger partial charge in [-0.15, -0.1) is 6.58 Å². The summed E-state index contributed by atoms with van der Waals surface area (Å²) in [6.07, 6.45) is 2.73. The lowest BCUT2D eigenvalue weighted by atomic mass is 10.2. The Balaban J connectivity index is 2.66. The zero-order valence-corrected chi connectivity index (χ0v) is 9.96. The minimum Gasteiger partial charge on any atom is -0.480 e. The van der Waals surface area contributed by atoms with E-state index in [1.54, 1.807) is 0 Å². The first kappa shape index (κ1) is 14.0. The number of nitrogens with one attached hydrogen (secondary N) is 1. The minimum atomic E-state index is -1.14. The van der Waals surface area contributed by atoms with Gasteiger partial charge in [0.1, 0.15) is 12.1 Å². The fourth-order valence-electron chi connectivity index (χ4n) is 1.93. The van der Waals surface area contributed by atoms with Crippen LogP contribution in [-0.2, 0) is 9.59 Å². The van der Waals surface area contributed by atoms with Crippen LogP contribution in [0.4, 0.5) is 4.79 Å². The number of nitrogens with zero attached hydrogens (tertiary/aromatic N) is 1. The number of carbonyl (C=O) groups is 3. The topological polar surface area (TPSA) is 113 Å². The van der Waals surface area contributed by atoms with Gasteiger partial charge in [0.15, 0.2) is 0 Å². The van der Waals surface area contributed by atoms with Crippen molar-refractivity contribution in [2.24, 2.45) is 5.73 Å². The number of carboxylic acid groups (broad SMARTS) is 1. The van der Waals surface area contributed by atoms with Crippen molar-refractivity contribution < 1.29 is 19.5 Å². The van der Waals surface area contributed by atoms with Gasteiger partial charge in [0.25, 0.3) is 0 Å². The Morgan fingerprint density at radius 2 is 2.22 bits per heavy atom. The molecule has 0 aromatic heterocycles. The van der Waals surface area contributed by atoms with Crippen LogP contribution in [0.2, 0.25) is 0 Å². The number of primary amides is 1. The first-order chi connectivity index (χ1) is 8.47. The highest BCUT2D eigenvalue weighted by atomic mass is 16.4. The molecule has 1 aliphatic rings. The standard InChI is InChI=1S/C11H17N3O4/c1-2-4-7(10(16)17)13-11(18)14-6-3-5-8(14)9(12)15/h2,7-8H,1,3-6H2,(H2,12,15)(H,13,18)(H,16,17). The van der Waals surface area contributed by atoms with E-state index in [1.165, 1.54) is 11.0 Å². The number of carboxylic acids is 1. The number of hydrogen-bond donors (Lipinski definition) is 3. The second kappa shape index (κ2) is 6.04. The number of carbonyl (C=O) groups excluding carboxylic acids is 2. The van der Waals surface area contributed by atoms with Crippen LogP contribution in [0.25, 0.3) is 0 Å². The molecule has 7 nitrogen and oxygen atoms in total. The molecule has 0 spiro atoms. The molecular weight excluding hydrogens is 238 g/mol. The maximum Gasteiger partial charge on any atom is 0.326 e. The molecule has 0 bridgehead atoms. The zero-order chi connectivity index (χ0) is 13.7. The summed E-state index contributed by atoms with van der Waals surface area (Å²) in [6, 6.07) is -2.27. The third kappa shape index (κ3) is 3.22. The van der Waals surface area contributed by atoms with Crippen molar-refractivity contribution in [2.75, 3.05) is 6.54 Å². The lowest BCUT2D eigenvalue weighted by Gasteiger charge is -2.24. The van der Waals surface area contributed by atoms with Crippen LogP contribution < -0.4 is 11.1 Å². The molecule has 18 heavy (non-hydrogen) atoms. The third-order valence-electron chi connectivity index (χ3n) is 2.84. The van der Waals surface area contributed by atoms with E-state index in [0.29, 0.717) is 19.4 Å². The van der Waals surface area contributed by atoms with Crippen molar-refractivity contribution in [3.8, 4) is 0 Å². The molecule has 0 aliphatic carbocycles. The molecule has 1 rings (SSSR count). The quantitative estimate of drug-likeness (QED) is 0.584. The van der Waals surface area contributed by atoms with Crippen molar-refractivity contribution in [3.05, 3.63) is 12.7 Å². The highest BCUT2D eigenvalue weighted by Gasteiger charge is 2.34. The fraction of sp³-hybridized carbons (Fsp3) is 0.545. The number of rotatable bonds is 5. The van der Waals surface area contributed by atoms with Gasteiger partial charge in [0.2, 0.25) is 5.91 Å². The van der Waals surface area contributed by atoms with Crippen molar-refractivity contribution in [1.82, 2.24) is 10.2 Å². The molecule has 0 radical (unpaired) electrons. The minimum absolute atomic E-state index is 0.121. The van der Waals surface area contributed by atoms with Crippen LogP contribution in [-0.4, -0.2) is 46.5 Å². The Morgan fingerprint density at radius 1 is 1.56 bits per heavy atom. The molecule has 0 saturated carbocycles. The Labute approximate surface area is 105 Å². The molecule has 1 saturated heterocycles. The Morgan fingerprint density at radius 3 is 2.72 bits per heavy atom. The SMILES string of the molecule is C=CCC(NC(=O)N1CCCC1C(N)=O)C(=O)O. The van der Waals surface area contributed by atoms with E-state index < -0.39 is 30.0 Å². The monoisotopic (exact) mass is 255 g/mol. The van der Waals surface area contributed by atoms with Gasteiger partial charge in [0.05, 0.1) is 0 Å². The van der Waals surface area contributed by atoms with E-state index in [4.69, 9.17) is 10.8 Å². The van der Waals surface area contributed by atoms with E-state index in [2.05, 4.69) is 11.9 Å². The molecule has 3 amide bonds. The molecule has 1 heterocycles. The Bertz CT molecular complexity index is 369. The van der Waals surface area contributed by atoms with Crippen LogP contribution in [0, 0.1) is 0 Å².